The fourth-order valence-corrected chi connectivity index (χ4v) is 13.1. The van der Waals surface area contributed by atoms with Gasteiger partial charge in [-0.15, -0.1) is 0 Å². The van der Waals surface area contributed by atoms with Gasteiger partial charge in [0.1, 0.15) is 19.3 Å². The molecule has 6 atom stereocenters. The minimum Gasteiger partial charge on any atom is -0.462 e. The maximum Gasteiger partial charge on any atom is 0.472 e. The van der Waals surface area contributed by atoms with Crippen LogP contribution in [0.25, 0.3) is 0 Å². The Kier molecular flexibility index (Phi) is 64.0. The van der Waals surface area contributed by atoms with E-state index < -0.39 is 97.5 Å². The largest absolute Gasteiger partial charge is 0.472 e. The van der Waals surface area contributed by atoms with Crippen LogP contribution in [0.2, 0.25) is 0 Å². The van der Waals surface area contributed by atoms with Gasteiger partial charge in [0, 0.05) is 25.7 Å². The molecule has 17 nitrogen and oxygen atoms in total. The zero-order valence-corrected chi connectivity index (χ0v) is 64.1. The fourth-order valence-electron chi connectivity index (χ4n) is 11.5. The van der Waals surface area contributed by atoms with Gasteiger partial charge in [0.15, 0.2) is 12.2 Å². The van der Waals surface area contributed by atoms with Gasteiger partial charge in [-0.05, 0) is 49.4 Å². The first-order valence-corrected chi connectivity index (χ1v) is 42.2. The summed E-state index contributed by atoms with van der Waals surface area (Å²) in [6, 6.07) is 0. The lowest BCUT2D eigenvalue weighted by Crippen LogP contribution is -2.30. The lowest BCUT2D eigenvalue weighted by atomic mass is 9.99. The molecule has 0 aliphatic rings. The zero-order chi connectivity index (χ0) is 70.3. The predicted octanol–water partition coefficient (Wildman–Crippen LogP) is 22.0. The zero-order valence-electron chi connectivity index (χ0n) is 62.3. The molecule has 0 aromatic heterocycles. The van der Waals surface area contributed by atoms with Crippen LogP contribution in [0.4, 0.5) is 0 Å². The van der Waals surface area contributed by atoms with Gasteiger partial charge in [-0.1, -0.05) is 331 Å². The highest BCUT2D eigenvalue weighted by Crippen LogP contribution is 2.45. The van der Waals surface area contributed by atoms with Crippen LogP contribution in [0.15, 0.2) is 0 Å². The number of phosphoric acid groups is 2. The van der Waals surface area contributed by atoms with Crippen molar-refractivity contribution in [3.63, 3.8) is 0 Å². The highest BCUT2D eigenvalue weighted by atomic mass is 31.2. The number of ether oxygens (including phenoxy) is 4. The number of phosphoric ester groups is 2. The Bertz CT molecular complexity index is 1870. The Morgan fingerprint density at radius 2 is 0.505 bits per heavy atom. The summed E-state index contributed by atoms with van der Waals surface area (Å²) in [6.45, 7) is 14.1. The Morgan fingerprint density at radius 3 is 0.747 bits per heavy atom. The van der Waals surface area contributed by atoms with Crippen LogP contribution in [0, 0.1) is 23.7 Å². The Labute approximate surface area is 581 Å². The summed E-state index contributed by atoms with van der Waals surface area (Å²) in [4.78, 5) is 72.7. The number of hydrogen-bond acceptors (Lipinski definition) is 15. The second kappa shape index (κ2) is 65.4. The van der Waals surface area contributed by atoms with Crippen molar-refractivity contribution in [1.82, 2.24) is 0 Å². The van der Waals surface area contributed by atoms with E-state index in [9.17, 15) is 43.2 Å². The number of hydrogen-bond donors (Lipinski definition) is 3. The number of carbonyl (C=O) groups excluding carboxylic acids is 4. The molecule has 0 amide bonds. The van der Waals surface area contributed by atoms with E-state index in [-0.39, 0.29) is 25.7 Å². The quantitative estimate of drug-likeness (QED) is 0.0222. The van der Waals surface area contributed by atoms with Crippen LogP contribution in [-0.2, 0) is 65.4 Å². The normalized spacial score (nSPS) is 14.4. The van der Waals surface area contributed by atoms with Crippen molar-refractivity contribution in [3.05, 3.63) is 0 Å². The van der Waals surface area contributed by atoms with Gasteiger partial charge in [0.25, 0.3) is 0 Å². The maximum atomic E-state index is 13.1. The fraction of sp³-hybridized carbons (Fsp3) is 0.947. The number of esters is 4. The molecule has 0 aliphatic heterocycles. The molecule has 0 saturated carbocycles. The average Bonchev–Trinajstić information content (AvgIpc) is 1.67. The molecule has 3 unspecified atom stereocenters. The molecule has 0 saturated heterocycles. The first-order valence-electron chi connectivity index (χ1n) is 39.2. The van der Waals surface area contributed by atoms with Gasteiger partial charge >= 0.3 is 39.5 Å². The number of unbranched alkanes of at least 4 members (excludes halogenated alkanes) is 38. The van der Waals surface area contributed by atoms with Gasteiger partial charge in [0.2, 0.25) is 0 Å². The predicted molar refractivity (Wildman–Crippen MR) is 386 cm³/mol. The molecule has 0 spiro atoms. The van der Waals surface area contributed by atoms with Crippen molar-refractivity contribution in [3.8, 4) is 0 Å². The van der Waals surface area contributed by atoms with Crippen molar-refractivity contribution in [2.45, 2.75) is 401 Å². The van der Waals surface area contributed by atoms with Crippen molar-refractivity contribution in [1.29, 1.82) is 0 Å². The van der Waals surface area contributed by atoms with Gasteiger partial charge in [-0.3, -0.25) is 37.3 Å². The minimum absolute atomic E-state index is 0.104. The third kappa shape index (κ3) is 69.0. The highest BCUT2D eigenvalue weighted by Gasteiger charge is 2.30. The van der Waals surface area contributed by atoms with E-state index in [4.69, 9.17) is 37.0 Å². The second-order valence-electron chi connectivity index (χ2n) is 29.1. The van der Waals surface area contributed by atoms with E-state index in [0.29, 0.717) is 31.6 Å². The van der Waals surface area contributed by atoms with Crippen LogP contribution < -0.4 is 0 Å². The van der Waals surface area contributed by atoms with Crippen molar-refractivity contribution >= 4 is 39.5 Å². The molecule has 0 aliphatic carbocycles. The van der Waals surface area contributed by atoms with Crippen LogP contribution in [0.5, 0.6) is 0 Å². The summed E-state index contributed by atoms with van der Waals surface area (Å²) in [5.41, 5.74) is 0. The van der Waals surface area contributed by atoms with E-state index in [2.05, 4.69) is 55.4 Å². The lowest BCUT2D eigenvalue weighted by Gasteiger charge is -2.21. The number of aliphatic hydroxyl groups excluding tert-OH is 1. The topological polar surface area (TPSA) is 237 Å². The van der Waals surface area contributed by atoms with Crippen LogP contribution >= 0.6 is 15.6 Å². The van der Waals surface area contributed by atoms with E-state index in [1.165, 1.54) is 180 Å². The molecule has 0 aromatic carbocycles. The summed E-state index contributed by atoms with van der Waals surface area (Å²) in [5.74, 6) is 0.901. The SMILES string of the molecule is CCC(C)CCCCCCCCCCCCCCCCCCCCC(=O)O[C@H](COC(=O)CCCCCCCCC(C)C)COP(=O)(O)OC[C@H](O)COP(=O)(O)OC[C@@H](COC(=O)CCCCCCCCCCCCC(C)C)OC(=O)CCCCCCCCCCC(C)C. The van der Waals surface area contributed by atoms with E-state index in [1.54, 1.807) is 0 Å². The molecule has 19 heteroatoms. The summed E-state index contributed by atoms with van der Waals surface area (Å²) >= 11 is 0. The molecule has 3 N–H and O–H groups in total. The molecule has 0 bridgehead atoms. The Morgan fingerprint density at radius 1 is 0.295 bits per heavy atom. The first kappa shape index (κ1) is 93.1. The van der Waals surface area contributed by atoms with E-state index >= 15 is 0 Å². The molecule has 0 radical (unpaired) electrons. The van der Waals surface area contributed by atoms with Crippen molar-refractivity contribution in [2.75, 3.05) is 39.6 Å². The molecular formula is C76H148O17P2. The molecular weight excluding hydrogens is 1250 g/mol. The third-order valence-electron chi connectivity index (χ3n) is 17.9. The molecule has 0 rings (SSSR count). The smallest absolute Gasteiger partial charge is 0.462 e. The first-order chi connectivity index (χ1) is 45.6. The van der Waals surface area contributed by atoms with Crippen LogP contribution in [-0.4, -0.2) is 96.7 Å². The minimum atomic E-state index is -4.96. The van der Waals surface area contributed by atoms with Crippen LogP contribution in [0.1, 0.15) is 383 Å². The van der Waals surface area contributed by atoms with E-state index in [1.807, 2.05) is 0 Å². The van der Waals surface area contributed by atoms with Crippen molar-refractivity contribution < 1.29 is 80.2 Å². The number of rotatable bonds is 73. The molecule has 95 heavy (non-hydrogen) atoms. The number of carbonyl (C=O) groups is 4. The standard InChI is InChI=1S/C76H148O17P2/c1-9-69(8)55-47-39-30-23-18-16-14-12-10-11-13-15-17-19-25-32-42-50-58-75(80)92-72(63-87-74(79)57-49-41-35-34-38-46-54-68(6)7)65-91-95(84,85)89-61-70(77)60-88-94(82,83)90-64-71(93-76(81)59-51-43-33-27-26-29-37-45-53-67(4)5)62-86-73(78)56-48-40-31-24-21-20-22-28-36-44-52-66(2)3/h66-72,77H,9-65H2,1-8H3,(H,82,83)(H,84,85)/t69?,70-,71-,72-/m1/s1. The van der Waals surface area contributed by atoms with Gasteiger partial charge < -0.3 is 33.8 Å². The summed E-state index contributed by atoms with van der Waals surface area (Å²) in [7, 11) is -9.91. The van der Waals surface area contributed by atoms with E-state index in [0.717, 1.165) is 114 Å². The third-order valence-corrected chi connectivity index (χ3v) is 19.8. The summed E-state index contributed by atoms with van der Waals surface area (Å²) in [6.07, 6.45) is 50.3. The molecule has 564 valence electrons. The van der Waals surface area contributed by atoms with Gasteiger partial charge in [0.05, 0.1) is 26.4 Å². The Hall–Kier alpha value is -1.94. The number of aliphatic hydroxyl groups is 1. The molecule has 0 aromatic rings. The summed E-state index contributed by atoms with van der Waals surface area (Å²) in [5, 5.41) is 10.6. The van der Waals surface area contributed by atoms with Gasteiger partial charge in [-0.25, -0.2) is 9.13 Å². The van der Waals surface area contributed by atoms with Crippen LogP contribution in [0.3, 0.4) is 0 Å². The average molecular weight is 1400 g/mol. The lowest BCUT2D eigenvalue weighted by molar-refractivity contribution is -0.161. The van der Waals surface area contributed by atoms with Crippen molar-refractivity contribution in [2.24, 2.45) is 23.7 Å². The summed E-state index contributed by atoms with van der Waals surface area (Å²) < 4.78 is 68.4. The highest BCUT2D eigenvalue weighted by molar-refractivity contribution is 7.47. The molecule has 0 fully saturated rings. The second-order valence-corrected chi connectivity index (χ2v) is 32.0. The monoisotopic (exact) mass is 1400 g/mol. The maximum absolute atomic E-state index is 13.1. The Balaban J connectivity index is 5.15. The molecule has 0 heterocycles. The van der Waals surface area contributed by atoms with Gasteiger partial charge in [-0.2, -0.15) is 0 Å².